The molecule has 0 bridgehead atoms. The number of carbonyl (C=O) groups is 1. The van der Waals surface area contributed by atoms with Crippen LogP contribution in [0.2, 0.25) is 0 Å². The van der Waals surface area contributed by atoms with E-state index in [1.807, 2.05) is 13.8 Å². The fourth-order valence-electron chi connectivity index (χ4n) is 4.05. The maximum Gasteiger partial charge on any atom is 0.329 e. The molecule has 3 N–H and O–H groups in total. The first-order chi connectivity index (χ1) is 15.3. The van der Waals surface area contributed by atoms with Crippen LogP contribution in [0.5, 0.6) is 0 Å². The maximum absolute atomic E-state index is 12.9. The van der Waals surface area contributed by atoms with Crippen LogP contribution < -0.4 is 21.9 Å². The van der Waals surface area contributed by atoms with Gasteiger partial charge < -0.3 is 10.6 Å². The topological polar surface area (TPSA) is 132 Å². The monoisotopic (exact) mass is 461 g/mol. The number of thioether (sulfide) groups is 1. The van der Waals surface area contributed by atoms with E-state index in [9.17, 15) is 14.4 Å². The lowest BCUT2D eigenvalue weighted by Crippen LogP contribution is -2.37. The van der Waals surface area contributed by atoms with Crippen LogP contribution in [0, 0.1) is 11.8 Å². The van der Waals surface area contributed by atoms with Gasteiger partial charge in [-0.05, 0) is 37.5 Å². The van der Waals surface area contributed by atoms with Crippen LogP contribution in [0.1, 0.15) is 62.9 Å². The summed E-state index contributed by atoms with van der Waals surface area (Å²) in [5, 5.41) is 9.48. The quantitative estimate of drug-likeness (QED) is 0.450. The van der Waals surface area contributed by atoms with Crippen LogP contribution in [0.4, 0.5) is 11.8 Å². The Labute approximate surface area is 190 Å². The second-order valence-corrected chi connectivity index (χ2v) is 10.2. The molecule has 1 saturated carbocycles. The van der Waals surface area contributed by atoms with Crippen molar-refractivity contribution in [1.82, 2.24) is 24.3 Å². The number of Topliss-reactive ketones (excluding diaryl/α,β-unsaturated/α-hetero) is 1. The molecule has 32 heavy (non-hydrogen) atoms. The third-order valence-electron chi connectivity index (χ3n) is 6.02. The predicted octanol–water partition coefficient (Wildman–Crippen LogP) is 1.91. The Morgan fingerprint density at radius 1 is 1.19 bits per heavy atom. The second kappa shape index (κ2) is 9.13. The van der Waals surface area contributed by atoms with Gasteiger partial charge in [-0.25, -0.2) is 4.79 Å². The summed E-state index contributed by atoms with van der Waals surface area (Å²) in [6.45, 7) is 8.37. The zero-order chi connectivity index (χ0) is 23.0. The number of hydrogen-bond donors (Lipinski definition) is 2. The first-order valence-corrected chi connectivity index (χ1v) is 12.2. The van der Waals surface area contributed by atoms with E-state index in [1.54, 1.807) is 0 Å². The molecule has 0 amide bonds. The lowest BCUT2D eigenvalue weighted by atomic mass is 10.00. The number of aromatic nitrogens is 5. The van der Waals surface area contributed by atoms with Gasteiger partial charge in [0.2, 0.25) is 5.95 Å². The van der Waals surface area contributed by atoms with Crippen LogP contribution in [0.3, 0.4) is 0 Å². The Hall–Kier alpha value is -2.56. The normalized spacial score (nSPS) is 17.3. The highest BCUT2D eigenvalue weighted by molar-refractivity contribution is 7.99. The van der Waals surface area contributed by atoms with E-state index in [0.29, 0.717) is 17.7 Å². The number of aromatic amines is 1. The second-order valence-electron chi connectivity index (χ2n) is 9.29. The van der Waals surface area contributed by atoms with Crippen LogP contribution in [-0.4, -0.2) is 48.9 Å². The number of H-pyrrole nitrogens is 1. The lowest BCUT2D eigenvalue weighted by molar-refractivity contribution is 0.102. The van der Waals surface area contributed by atoms with Crippen molar-refractivity contribution >= 4 is 29.3 Å². The summed E-state index contributed by atoms with van der Waals surface area (Å²) >= 11 is 1.26. The minimum Gasteiger partial charge on any atom is -0.384 e. The van der Waals surface area contributed by atoms with Gasteiger partial charge in [0.1, 0.15) is 11.4 Å². The van der Waals surface area contributed by atoms with E-state index in [2.05, 4.69) is 31.6 Å². The standard InChI is InChI=1S/C21H31N7O3S/c1-12(2)10-27-17(22)16(18(30)23-20(27)31)15(29)11-32-21-25-24-19(28(21)14-4-5-14)26-8-6-13(3)7-9-26/h12-14H,4-11,22H2,1-3H3,(H,23,30,31). The lowest BCUT2D eigenvalue weighted by Gasteiger charge is -2.31. The van der Waals surface area contributed by atoms with Gasteiger partial charge in [-0.15, -0.1) is 10.2 Å². The van der Waals surface area contributed by atoms with Gasteiger partial charge in [-0.1, -0.05) is 32.5 Å². The van der Waals surface area contributed by atoms with E-state index in [-0.39, 0.29) is 23.1 Å². The Kier molecular flexibility index (Phi) is 6.45. The molecule has 4 rings (SSSR count). The summed E-state index contributed by atoms with van der Waals surface area (Å²) in [6, 6.07) is 0.360. The molecule has 10 nitrogen and oxygen atoms in total. The van der Waals surface area contributed by atoms with Crippen molar-refractivity contribution in [1.29, 1.82) is 0 Å². The highest BCUT2D eigenvalue weighted by Gasteiger charge is 2.33. The van der Waals surface area contributed by atoms with E-state index >= 15 is 0 Å². The van der Waals surface area contributed by atoms with E-state index in [1.165, 1.54) is 16.3 Å². The molecule has 0 spiro atoms. The molecule has 0 radical (unpaired) electrons. The Bertz CT molecular complexity index is 1110. The number of nitrogens with two attached hydrogens (primary N) is 1. The van der Waals surface area contributed by atoms with E-state index in [4.69, 9.17) is 5.73 Å². The molecule has 1 aliphatic carbocycles. The van der Waals surface area contributed by atoms with Crippen LogP contribution in [-0.2, 0) is 6.54 Å². The van der Waals surface area contributed by atoms with Crippen LogP contribution in [0.25, 0.3) is 0 Å². The Balaban J connectivity index is 1.54. The van der Waals surface area contributed by atoms with E-state index < -0.39 is 17.0 Å². The number of nitrogen functional groups attached to an aromatic ring is 1. The smallest absolute Gasteiger partial charge is 0.329 e. The third-order valence-corrected chi connectivity index (χ3v) is 6.97. The van der Waals surface area contributed by atoms with Crippen molar-refractivity contribution in [2.45, 2.75) is 64.2 Å². The van der Waals surface area contributed by atoms with Crippen LogP contribution >= 0.6 is 11.8 Å². The van der Waals surface area contributed by atoms with Crippen molar-refractivity contribution in [2.24, 2.45) is 11.8 Å². The number of carbonyl (C=O) groups excluding carboxylic acids is 1. The molecule has 1 saturated heterocycles. The molecular formula is C21H31N7O3S. The fraction of sp³-hybridized carbons (Fsp3) is 0.667. The van der Waals surface area contributed by atoms with Gasteiger partial charge in [-0.3, -0.25) is 23.7 Å². The van der Waals surface area contributed by atoms with Gasteiger partial charge in [-0.2, -0.15) is 0 Å². The molecule has 2 aliphatic rings. The summed E-state index contributed by atoms with van der Waals surface area (Å²) in [5.41, 5.74) is 4.57. The fourth-order valence-corrected chi connectivity index (χ4v) is 4.92. The Morgan fingerprint density at radius 3 is 2.50 bits per heavy atom. The van der Waals surface area contributed by atoms with Crippen molar-refractivity contribution in [3.8, 4) is 0 Å². The third kappa shape index (κ3) is 4.62. The molecule has 0 atom stereocenters. The maximum atomic E-state index is 12.9. The number of nitrogens with zero attached hydrogens (tertiary/aromatic N) is 5. The molecule has 3 heterocycles. The summed E-state index contributed by atoms with van der Waals surface area (Å²) in [5.74, 6) is 1.21. The van der Waals surface area contributed by atoms with Crippen molar-refractivity contribution < 1.29 is 4.79 Å². The number of anilines is 2. The largest absolute Gasteiger partial charge is 0.384 e. The van der Waals surface area contributed by atoms with Gasteiger partial charge in [0, 0.05) is 25.7 Å². The number of nitrogens with one attached hydrogen (secondary N) is 1. The molecular weight excluding hydrogens is 430 g/mol. The average Bonchev–Trinajstić information content (AvgIpc) is 3.49. The summed E-state index contributed by atoms with van der Waals surface area (Å²) in [7, 11) is 0. The minimum atomic E-state index is -0.745. The van der Waals surface area contributed by atoms with E-state index in [0.717, 1.165) is 50.6 Å². The molecule has 0 aromatic carbocycles. The number of rotatable bonds is 8. The predicted molar refractivity (Wildman–Crippen MR) is 125 cm³/mol. The molecule has 1 aliphatic heterocycles. The first-order valence-electron chi connectivity index (χ1n) is 11.2. The van der Waals surface area contributed by atoms with Gasteiger partial charge in [0.05, 0.1) is 5.75 Å². The molecule has 0 unspecified atom stereocenters. The number of hydrogen-bond acceptors (Lipinski definition) is 8. The number of piperidine rings is 1. The molecule has 2 aromatic heterocycles. The summed E-state index contributed by atoms with van der Waals surface area (Å²) in [6.07, 6.45) is 4.41. The molecule has 2 fully saturated rings. The summed E-state index contributed by atoms with van der Waals surface area (Å²) < 4.78 is 3.40. The molecule has 174 valence electrons. The van der Waals surface area contributed by atoms with Crippen molar-refractivity contribution in [2.75, 3.05) is 29.5 Å². The Morgan fingerprint density at radius 2 is 1.88 bits per heavy atom. The SMILES string of the molecule is CC(C)Cn1c(N)c(C(=O)CSc2nnc(N3CCC(C)CC3)n2C2CC2)c(=O)[nH]c1=O. The van der Waals surface area contributed by atoms with Crippen LogP contribution in [0.15, 0.2) is 14.7 Å². The highest BCUT2D eigenvalue weighted by atomic mass is 32.2. The van der Waals surface area contributed by atoms with Gasteiger partial charge in [0.25, 0.3) is 5.56 Å². The first kappa shape index (κ1) is 22.6. The molecule has 11 heteroatoms. The minimum absolute atomic E-state index is 0.00491. The zero-order valence-electron chi connectivity index (χ0n) is 18.8. The highest BCUT2D eigenvalue weighted by Crippen LogP contribution is 2.41. The van der Waals surface area contributed by atoms with Gasteiger partial charge in [0.15, 0.2) is 10.9 Å². The van der Waals surface area contributed by atoms with Crippen molar-refractivity contribution in [3.63, 3.8) is 0 Å². The average molecular weight is 462 g/mol. The van der Waals surface area contributed by atoms with Crippen molar-refractivity contribution in [3.05, 3.63) is 26.4 Å². The summed E-state index contributed by atoms with van der Waals surface area (Å²) in [4.78, 5) is 41.9. The zero-order valence-corrected chi connectivity index (χ0v) is 19.7. The molecule has 2 aromatic rings. The number of ketones is 1. The van der Waals surface area contributed by atoms with Gasteiger partial charge >= 0.3 is 5.69 Å².